The lowest BCUT2D eigenvalue weighted by atomic mass is 9.98. The fourth-order valence-electron chi connectivity index (χ4n) is 4.74. The minimum absolute atomic E-state index is 0.282. The van der Waals surface area contributed by atoms with E-state index < -0.39 is 17.6 Å². The monoisotopic (exact) mass is 572 g/mol. The van der Waals surface area contributed by atoms with E-state index in [9.17, 15) is 14.4 Å². The van der Waals surface area contributed by atoms with E-state index in [2.05, 4.69) is 5.32 Å². The van der Waals surface area contributed by atoms with E-state index >= 15 is 0 Å². The molecule has 0 aliphatic carbocycles. The van der Waals surface area contributed by atoms with Crippen molar-refractivity contribution in [1.29, 1.82) is 0 Å². The minimum Gasteiger partial charge on any atom is -0.383 e. The van der Waals surface area contributed by atoms with Crippen molar-refractivity contribution >= 4 is 28.5 Å². The molecule has 3 aromatic carbocycles. The van der Waals surface area contributed by atoms with Crippen LogP contribution in [0.25, 0.3) is 10.8 Å². The van der Waals surface area contributed by atoms with Crippen LogP contribution >= 0.6 is 0 Å². The van der Waals surface area contributed by atoms with Crippen molar-refractivity contribution in [3.63, 3.8) is 0 Å². The molecule has 0 aromatic heterocycles. The first-order chi connectivity index (χ1) is 20.0. The third-order valence-electron chi connectivity index (χ3n) is 7.24. The number of nitrogens with one attached hydrogen (secondary N) is 1. The lowest BCUT2D eigenvalue weighted by Crippen LogP contribution is -2.56. The molecule has 8 nitrogen and oxygen atoms in total. The normalized spacial score (nSPS) is 13.1. The molecule has 3 amide bonds. The van der Waals surface area contributed by atoms with Crippen LogP contribution in [0.5, 0.6) is 0 Å². The van der Waals surface area contributed by atoms with Crippen molar-refractivity contribution in [1.82, 2.24) is 15.1 Å². The highest BCUT2D eigenvalue weighted by Gasteiger charge is 2.34. The number of fused-ring (bicyclic) bond motifs is 1. The van der Waals surface area contributed by atoms with Gasteiger partial charge in [0.25, 0.3) is 0 Å². The number of carbonyl (C=O) groups excluding carboxylic acids is 3. The molecule has 0 aliphatic heterocycles. The fraction of sp³-hybridized carbons (Fsp3) is 0.382. The summed E-state index contributed by atoms with van der Waals surface area (Å²) >= 11 is 0. The molecule has 0 spiro atoms. The second kappa shape index (κ2) is 15.3. The highest BCUT2D eigenvalue weighted by Crippen LogP contribution is 2.20. The van der Waals surface area contributed by atoms with Crippen molar-refractivity contribution in [2.24, 2.45) is 5.73 Å². The Labute approximate surface area is 249 Å². The Morgan fingerprint density at radius 3 is 2.19 bits per heavy atom. The number of amides is 3. The molecule has 0 saturated carbocycles. The Kier molecular flexibility index (Phi) is 11.8. The summed E-state index contributed by atoms with van der Waals surface area (Å²) in [6.07, 6.45) is 4.33. The van der Waals surface area contributed by atoms with Crippen LogP contribution in [0.3, 0.4) is 0 Å². The fourth-order valence-corrected chi connectivity index (χ4v) is 4.74. The van der Waals surface area contributed by atoms with Crippen LogP contribution in [0.1, 0.15) is 31.4 Å². The van der Waals surface area contributed by atoms with Gasteiger partial charge in [-0.1, -0.05) is 78.9 Å². The van der Waals surface area contributed by atoms with Gasteiger partial charge in [0.2, 0.25) is 17.7 Å². The summed E-state index contributed by atoms with van der Waals surface area (Å²) in [6, 6.07) is 22.0. The van der Waals surface area contributed by atoms with Gasteiger partial charge in [-0.05, 0) is 48.2 Å². The second-order valence-electron chi connectivity index (χ2n) is 11.4. The Morgan fingerprint density at radius 1 is 0.881 bits per heavy atom. The molecule has 0 radical (unpaired) electrons. The van der Waals surface area contributed by atoms with E-state index in [0.717, 1.165) is 21.9 Å². The number of nitrogens with two attached hydrogens (primary N) is 1. The van der Waals surface area contributed by atoms with Gasteiger partial charge in [0.15, 0.2) is 0 Å². The molecule has 0 saturated heterocycles. The summed E-state index contributed by atoms with van der Waals surface area (Å²) in [5.41, 5.74) is 7.45. The smallest absolute Gasteiger partial charge is 0.246 e. The van der Waals surface area contributed by atoms with E-state index in [4.69, 9.17) is 10.5 Å². The van der Waals surface area contributed by atoms with Crippen molar-refractivity contribution in [3.05, 3.63) is 96.1 Å². The molecule has 3 N–H and O–H groups in total. The first kappa shape index (κ1) is 32.5. The van der Waals surface area contributed by atoms with Gasteiger partial charge >= 0.3 is 0 Å². The SMILES string of the molecule is COCCNC(=O)[C@@H](Cc1ccccc1)N(C)C(=O)[C@@H](Cc1ccc2ccccc2c1)N(C)C(=O)C=CCC(C)(C)N. The van der Waals surface area contributed by atoms with Gasteiger partial charge in [-0.15, -0.1) is 0 Å². The zero-order valence-electron chi connectivity index (χ0n) is 25.4. The average molecular weight is 573 g/mol. The number of nitrogens with zero attached hydrogens (tertiary/aromatic N) is 2. The molecule has 3 rings (SSSR count). The van der Waals surface area contributed by atoms with Crippen LogP contribution in [-0.2, 0) is 32.0 Å². The van der Waals surface area contributed by atoms with Gasteiger partial charge in [-0.3, -0.25) is 14.4 Å². The molecule has 3 aromatic rings. The summed E-state index contributed by atoms with van der Waals surface area (Å²) in [5, 5.41) is 5.02. The second-order valence-corrected chi connectivity index (χ2v) is 11.4. The van der Waals surface area contributed by atoms with Gasteiger partial charge in [0.1, 0.15) is 12.1 Å². The van der Waals surface area contributed by atoms with E-state index in [0.29, 0.717) is 26.0 Å². The van der Waals surface area contributed by atoms with Crippen LogP contribution in [0, 0.1) is 0 Å². The van der Waals surface area contributed by atoms with Crippen LogP contribution in [0.2, 0.25) is 0 Å². The third-order valence-corrected chi connectivity index (χ3v) is 7.24. The molecule has 0 unspecified atom stereocenters. The van der Waals surface area contributed by atoms with E-state index in [1.165, 1.54) is 15.9 Å². The van der Waals surface area contributed by atoms with E-state index in [1.807, 2.05) is 86.6 Å². The zero-order valence-corrected chi connectivity index (χ0v) is 25.4. The Balaban J connectivity index is 1.94. The van der Waals surface area contributed by atoms with Crippen molar-refractivity contribution in [3.8, 4) is 0 Å². The standard InChI is InChI=1S/C34H44N4O4/c1-34(2,35)19-11-16-31(39)37(3)30(24-26-17-18-27-14-9-10-15-28(27)22-26)33(41)38(4)29(32(40)36-20-21-42-5)23-25-12-7-6-8-13-25/h6-18,22,29-30H,19-21,23-24,35H2,1-5H3,(H,36,40)/t29-,30-/m1/s1. The maximum absolute atomic E-state index is 14.2. The Hall–Kier alpha value is -4.01. The topological polar surface area (TPSA) is 105 Å². The number of rotatable bonds is 14. The molecule has 2 atom stereocenters. The van der Waals surface area contributed by atoms with Gasteiger partial charge in [0.05, 0.1) is 6.61 Å². The highest BCUT2D eigenvalue weighted by molar-refractivity contribution is 5.95. The number of hydrogen-bond donors (Lipinski definition) is 2. The zero-order chi connectivity index (χ0) is 30.7. The van der Waals surface area contributed by atoms with E-state index in [-0.39, 0.29) is 24.1 Å². The third kappa shape index (κ3) is 9.53. The number of hydrogen-bond acceptors (Lipinski definition) is 5. The lowest BCUT2D eigenvalue weighted by Gasteiger charge is -2.34. The molecule has 42 heavy (non-hydrogen) atoms. The maximum Gasteiger partial charge on any atom is 0.246 e. The quantitative estimate of drug-likeness (QED) is 0.226. The number of ether oxygens (including phenoxy) is 1. The summed E-state index contributed by atoms with van der Waals surface area (Å²) in [5.74, 6) is -0.916. The predicted molar refractivity (Wildman–Crippen MR) is 168 cm³/mol. The van der Waals surface area contributed by atoms with Gasteiger partial charge in [0, 0.05) is 46.1 Å². The Morgan fingerprint density at radius 2 is 1.52 bits per heavy atom. The number of benzene rings is 3. The Bertz CT molecular complexity index is 1370. The molecule has 0 aliphatic rings. The first-order valence-electron chi connectivity index (χ1n) is 14.3. The van der Waals surface area contributed by atoms with E-state index in [1.54, 1.807) is 27.3 Å². The molecule has 0 fully saturated rings. The van der Waals surface area contributed by atoms with Crippen molar-refractivity contribution in [2.75, 3.05) is 34.4 Å². The van der Waals surface area contributed by atoms with Gasteiger partial charge < -0.3 is 25.6 Å². The lowest BCUT2D eigenvalue weighted by molar-refractivity contribution is -0.146. The summed E-state index contributed by atoms with van der Waals surface area (Å²) < 4.78 is 5.09. The summed E-state index contributed by atoms with van der Waals surface area (Å²) in [6.45, 7) is 4.45. The summed E-state index contributed by atoms with van der Waals surface area (Å²) in [7, 11) is 4.82. The predicted octanol–water partition coefficient (Wildman–Crippen LogP) is 3.73. The molecular formula is C34H44N4O4. The van der Waals surface area contributed by atoms with Crippen LogP contribution < -0.4 is 11.1 Å². The van der Waals surface area contributed by atoms with Crippen molar-refractivity contribution in [2.45, 2.75) is 50.7 Å². The van der Waals surface area contributed by atoms with Crippen LogP contribution in [-0.4, -0.2) is 79.5 Å². The number of likely N-dealkylation sites (N-methyl/N-ethyl adjacent to an activating group) is 2. The maximum atomic E-state index is 14.2. The first-order valence-corrected chi connectivity index (χ1v) is 14.3. The van der Waals surface area contributed by atoms with Crippen LogP contribution in [0.4, 0.5) is 0 Å². The largest absolute Gasteiger partial charge is 0.383 e. The van der Waals surface area contributed by atoms with Gasteiger partial charge in [-0.25, -0.2) is 0 Å². The highest BCUT2D eigenvalue weighted by atomic mass is 16.5. The molecular weight excluding hydrogens is 528 g/mol. The number of methoxy groups -OCH3 is 1. The average Bonchev–Trinajstić information content (AvgIpc) is 2.97. The van der Waals surface area contributed by atoms with Gasteiger partial charge in [-0.2, -0.15) is 0 Å². The summed E-state index contributed by atoms with van der Waals surface area (Å²) in [4.78, 5) is 43.8. The molecule has 0 heterocycles. The molecule has 8 heteroatoms. The van der Waals surface area contributed by atoms with Crippen molar-refractivity contribution < 1.29 is 19.1 Å². The minimum atomic E-state index is -0.843. The number of carbonyl (C=O) groups is 3. The molecule has 224 valence electrons. The molecule has 0 bridgehead atoms. The van der Waals surface area contributed by atoms with Crippen LogP contribution in [0.15, 0.2) is 84.9 Å².